The van der Waals surface area contributed by atoms with Gasteiger partial charge in [0.2, 0.25) is 15.9 Å². The Morgan fingerprint density at radius 1 is 1.11 bits per heavy atom. The Balaban J connectivity index is 1.64. The van der Waals surface area contributed by atoms with Crippen LogP contribution < -0.4 is 5.32 Å². The molecule has 0 aromatic heterocycles. The van der Waals surface area contributed by atoms with E-state index in [0.717, 1.165) is 11.1 Å². The second-order valence-corrected chi connectivity index (χ2v) is 9.83. The molecule has 2 aromatic carbocycles. The average Bonchev–Trinajstić information content (AvgIpc) is 2.66. The molecule has 150 valence electrons. The SMILES string of the molecule is Cc1ccc(S(=O)(=O)N2CCC(C(=O)Nc3ccc(F)cc3Br)CC2)cc1C. The van der Waals surface area contributed by atoms with Gasteiger partial charge in [-0.1, -0.05) is 6.07 Å². The van der Waals surface area contributed by atoms with Gasteiger partial charge in [-0.25, -0.2) is 12.8 Å². The second kappa shape index (κ2) is 8.31. The van der Waals surface area contributed by atoms with Gasteiger partial charge in [0.1, 0.15) is 5.82 Å². The van der Waals surface area contributed by atoms with Gasteiger partial charge in [-0.2, -0.15) is 4.31 Å². The minimum absolute atomic E-state index is 0.185. The maximum Gasteiger partial charge on any atom is 0.243 e. The van der Waals surface area contributed by atoms with Crippen molar-refractivity contribution in [3.05, 3.63) is 57.8 Å². The van der Waals surface area contributed by atoms with Crippen LogP contribution in [0.1, 0.15) is 24.0 Å². The van der Waals surface area contributed by atoms with Crippen molar-refractivity contribution in [1.82, 2.24) is 4.31 Å². The number of carbonyl (C=O) groups excluding carboxylic acids is 1. The largest absolute Gasteiger partial charge is 0.325 e. The van der Waals surface area contributed by atoms with Crippen molar-refractivity contribution in [2.24, 2.45) is 5.92 Å². The number of amides is 1. The van der Waals surface area contributed by atoms with Gasteiger partial charge in [0.05, 0.1) is 10.6 Å². The molecule has 0 radical (unpaired) electrons. The predicted molar refractivity (Wildman–Crippen MR) is 110 cm³/mol. The van der Waals surface area contributed by atoms with Crippen LogP contribution in [0.2, 0.25) is 0 Å². The fourth-order valence-electron chi connectivity index (χ4n) is 3.21. The zero-order valence-corrected chi connectivity index (χ0v) is 18.1. The van der Waals surface area contributed by atoms with Crippen LogP contribution in [0.25, 0.3) is 0 Å². The summed E-state index contributed by atoms with van der Waals surface area (Å²) in [4.78, 5) is 12.8. The van der Waals surface area contributed by atoms with Crippen molar-refractivity contribution >= 4 is 37.5 Å². The molecular weight excluding hydrogens is 447 g/mol. The van der Waals surface area contributed by atoms with E-state index in [0.29, 0.717) is 23.0 Å². The average molecular weight is 469 g/mol. The summed E-state index contributed by atoms with van der Waals surface area (Å²) >= 11 is 3.23. The topological polar surface area (TPSA) is 66.5 Å². The van der Waals surface area contributed by atoms with E-state index in [9.17, 15) is 17.6 Å². The van der Waals surface area contributed by atoms with Crippen LogP contribution in [-0.2, 0) is 14.8 Å². The highest BCUT2D eigenvalue weighted by Gasteiger charge is 2.32. The van der Waals surface area contributed by atoms with Gasteiger partial charge >= 0.3 is 0 Å². The molecule has 1 aliphatic rings. The van der Waals surface area contributed by atoms with E-state index in [1.807, 2.05) is 19.9 Å². The fraction of sp³-hybridized carbons (Fsp3) is 0.350. The number of rotatable bonds is 4. The van der Waals surface area contributed by atoms with E-state index >= 15 is 0 Å². The Bertz CT molecular complexity index is 1000. The smallest absolute Gasteiger partial charge is 0.243 e. The van der Waals surface area contributed by atoms with E-state index in [1.54, 1.807) is 12.1 Å². The number of anilines is 1. The number of benzene rings is 2. The summed E-state index contributed by atoms with van der Waals surface area (Å²) in [6.07, 6.45) is 0.878. The molecule has 1 N–H and O–H groups in total. The number of sulfonamides is 1. The molecule has 1 amide bonds. The molecule has 1 aliphatic heterocycles. The molecule has 2 aromatic rings. The molecular formula is C20H22BrFN2O3S. The number of hydrogen-bond acceptors (Lipinski definition) is 3. The van der Waals surface area contributed by atoms with Gasteiger partial charge in [0.15, 0.2) is 0 Å². The molecule has 0 spiro atoms. The number of nitrogens with zero attached hydrogens (tertiary/aromatic N) is 1. The summed E-state index contributed by atoms with van der Waals surface area (Å²) in [6, 6.07) is 9.19. The number of piperidine rings is 1. The number of carbonyl (C=O) groups is 1. The van der Waals surface area contributed by atoms with Gasteiger partial charge < -0.3 is 5.32 Å². The Hall–Kier alpha value is -1.77. The highest BCUT2D eigenvalue weighted by atomic mass is 79.9. The van der Waals surface area contributed by atoms with Crippen LogP contribution in [0.4, 0.5) is 10.1 Å². The number of hydrogen-bond donors (Lipinski definition) is 1. The van der Waals surface area contributed by atoms with E-state index < -0.39 is 15.8 Å². The van der Waals surface area contributed by atoms with Gasteiger partial charge in [0.25, 0.3) is 0 Å². The first-order chi connectivity index (χ1) is 13.2. The maximum atomic E-state index is 13.2. The lowest BCUT2D eigenvalue weighted by molar-refractivity contribution is -0.120. The standard InChI is InChI=1S/C20H22BrFN2O3S/c1-13-3-5-17(11-14(13)2)28(26,27)24-9-7-15(8-10-24)20(25)23-19-6-4-16(22)12-18(19)21/h3-6,11-12,15H,7-10H2,1-2H3,(H,23,25). The molecule has 1 saturated heterocycles. The summed E-state index contributed by atoms with van der Waals surface area (Å²) in [5.41, 5.74) is 2.47. The third-order valence-corrected chi connectivity index (χ3v) is 7.68. The highest BCUT2D eigenvalue weighted by molar-refractivity contribution is 9.10. The van der Waals surface area contributed by atoms with Gasteiger partial charge in [-0.15, -0.1) is 0 Å². The first-order valence-electron chi connectivity index (χ1n) is 9.02. The molecule has 3 rings (SSSR count). The van der Waals surface area contributed by atoms with Crippen LogP contribution in [0, 0.1) is 25.6 Å². The first-order valence-corrected chi connectivity index (χ1v) is 11.2. The van der Waals surface area contributed by atoms with E-state index in [-0.39, 0.29) is 29.8 Å². The molecule has 0 saturated carbocycles. The Kier molecular flexibility index (Phi) is 6.21. The first kappa shape index (κ1) is 21.0. The third-order valence-electron chi connectivity index (χ3n) is 5.13. The van der Waals surface area contributed by atoms with Gasteiger partial charge in [-0.3, -0.25) is 4.79 Å². The molecule has 0 atom stereocenters. The van der Waals surface area contributed by atoms with Crippen molar-refractivity contribution in [3.8, 4) is 0 Å². The second-order valence-electron chi connectivity index (χ2n) is 7.04. The van der Waals surface area contributed by atoms with Crippen LogP contribution in [-0.4, -0.2) is 31.7 Å². The van der Waals surface area contributed by atoms with E-state index in [4.69, 9.17) is 0 Å². The summed E-state index contributed by atoms with van der Waals surface area (Å²) in [5.74, 6) is -0.867. The zero-order valence-electron chi connectivity index (χ0n) is 15.7. The lowest BCUT2D eigenvalue weighted by atomic mass is 9.97. The van der Waals surface area contributed by atoms with E-state index in [2.05, 4.69) is 21.2 Å². The van der Waals surface area contributed by atoms with Gasteiger partial charge in [-0.05, 0) is 84.1 Å². The summed E-state index contributed by atoms with van der Waals surface area (Å²) in [5, 5.41) is 2.79. The van der Waals surface area contributed by atoms with Crippen LogP contribution >= 0.6 is 15.9 Å². The third kappa shape index (κ3) is 4.45. The highest BCUT2D eigenvalue weighted by Crippen LogP contribution is 2.28. The Morgan fingerprint density at radius 2 is 1.79 bits per heavy atom. The summed E-state index contributed by atoms with van der Waals surface area (Å²) in [7, 11) is -3.57. The molecule has 28 heavy (non-hydrogen) atoms. The molecule has 1 fully saturated rings. The van der Waals surface area contributed by atoms with Crippen molar-refractivity contribution in [2.45, 2.75) is 31.6 Å². The van der Waals surface area contributed by atoms with Crippen LogP contribution in [0.15, 0.2) is 45.8 Å². The van der Waals surface area contributed by atoms with Crippen LogP contribution in [0.5, 0.6) is 0 Å². The number of aryl methyl sites for hydroxylation is 2. The quantitative estimate of drug-likeness (QED) is 0.729. The minimum atomic E-state index is -3.57. The Morgan fingerprint density at radius 3 is 2.39 bits per heavy atom. The summed E-state index contributed by atoms with van der Waals surface area (Å²) < 4.78 is 40.8. The molecule has 0 bridgehead atoms. The molecule has 0 aliphatic carbocycles. The fourth-order valence-corrected chi connectivity index (χ4v) is 5.21. The Labute approximate surface area is 173 Å². The van der Waals surface area contributed by atoms with Crippen molar-refractivity contribution in [1.29, 1.82) is 0 Å². The normalized spacial score (nSPS) is 16.1. The molecule has 5 nitrogen and oxygen atoms in total. The van der Waals surface area contributed by atoms with Crippen LogP contribution in [0.3, 0.4) is 0 Å². The lowest BCUT2D eigenvalue weighted by Gasteiger charge is -2.30. The predicted octanol–water partition coefficient (Wildman–Crippen LogP) is 4.24. The monoisotopic (exact) mass is 468 g/mol. The molecule has 1 heterocycles. The van der Waals surface area contributed by atoms with Crippen molar-refractivity contribution in [3.63, 3.8) is 0 Å². The summed E-state index contributed by atoms with van der Waals surface area (Å²) in [6.45, 7) is 4.41. The zero-order chi connectivity index (χ0) is 20.5. The molecule has 8 heteroatoms. The maximum absolute atomic E-state index is 13.2. The van der Waals surface area contributed by atoms with Crippen molar-refractivity contribution in [2.75, 3.05) is 18.4 Å². The lowest BCUT2D eigenvalue weighted by Crippen LogP contribution is -2.41. The van der Waals surface area contributed by atoms with E-state index in [1.165, 1.54) is 22.5 Å². The molecule has 0 unspecified atom stereocenters. The number of nitrogens with one attached hydrogen (secondary N) is 1. The van der Waals surface area contributed by atoms with Crippen molar-refractivity contribution < 1.29 is 17.6 Å². The van der Waals surface area contributed by atoms with Gasteiger partial charge in [0, 0.05) is 23.5 Å². The minimum Gasteiger partial charge on any atom is -0.325 e. The number of halogens is 2.